The van der Waals surface area contributed by atoms with E-state index >= 15 is 0 Å². The lowest BCUT2D eigenvalue weighted by atomic mass is 9.95. The molecule has 192 valence electrons. The predicted molar refractivity (Wildman–Crippen MR) is 146 cm³/mol. The van der Waals surface area contributed by atoms with Gasteiger partial charge in [0.25, 0.3) is 5.91 Å². The number of carbonyl (C=O) groups is 2. The molecule has 0 spiro atoms. The van der Waals surface area contributed by atoms with E-state index < -0.39 is 6.10 Å². The Kier molecular flexibility index (Phi) is 7.99. The maximum absolute atomic E-state index is 13.8. The number of rotatable bonds is 6. The summed E-state index contributed by atoms with van der Waals surface area (Å²) in [6.07, 6.45) is 0.929. The van der Waals surface area contributed by atoms with E-state index in [9.17, 15) is 9.59 Å². The number of ether oxygens (including phenoxy) is 1. The molecule has 6 nitrogen and oxygen atoms in total. The first-order valence-electron chi connectivity index (χ1n) is 12.5. The number of anilines is 1. The van der Waals surface area contributed by atoms with Crippen molar-refractivity contribution in [1.82, 2.24) is 10.2 Å². The van der Waals surface area contributed by atoms with Crippen LogP contribution in [0.25, 0.3) is 0 Å². The minimum atomic E-state index is -0.782. The van der Waals surface area contributed by atoms with Crippen molar-refractivity contribution in [1.29, 1.82) is 0 Å². The summed E-state index contributed by atoms with van der Waals surface area (Å²) in [4.78, 5) is 30.9. The van der Waals surface area contributed by atoms with Crippen LogP contribution in [-0.4, -0.2) is 42.5 Å². The van der Waals surface area contributed by atoms with E-state index in [4.69, 9.17) is 27.9 Å². The SMILES string of the molecule is O=C(NCc1ccccc1)[C@H]1CN(C(=O)[C@H]2CCCN(Cc3ccc(Cl)cc3Cl)C2)c2ccccc2O1. The van der Waals surface area contributed by atoms with Gasteiger partial charge in [0, 0.05) is 29.7 Å². The maximum atomic E-state index is 13.8. The van der Waals surface area contributed by atoms with Gasteiger partial charge in [0.05, 0.1) is 18.2 Å². The van der Waals surface area contributed by atoms with Crippen LogP contribution in [0.5, 0.6) is 5.75 Å². The average Bonchev–Trinajstić information content (AvgIpc) is 2.93. The smallest absolute Gasteiger partial charge is 0.263 e. The largest absolute Gasteiger partial charge is 0.477 e. The Hall–Kier alpha value is -3.06. The molecule has 2 aliphatic heterocycles. The van der Waals surface area contributed by atoms with Crippen LogP contribution in [0.3, 0.4) is 0 Å². The second-order valence-electron chi connectivity index (χ2n) is 9.54. The van der Waals surface area contributed by atoms with Crippen LogP contribution >= 0.6 is 23.2 Å². The van der Waals surface area contributed by atoms with Gasteiger partial charge in [-0.05, 0) is 54.8 Å². The summed E-state index contributed by atoms with van der Waals surface area (Å²) < 4.78 is 6.03. The van der Waals surface area contributed by atoms with E-state index in [1.165, 1.54) is 0 Å². The number of amides is 2. The highest BCUT2D eigenvalue weighted by atomic mass is 35.5. The number of likely N-dealkylation sites (tertiary alicyclic amines) is 1. The Morgan fingerprint density at radius 2 is 1.76 bits per heavy atom. The van der Waals surface area contributed by atoms with Gasteiger partial charge in [0.2, 0.25) is 5.91 Å². The molecule has 0 aromatic heterocycles. The fourth-order valence-corrected chi connectivity index (χ4v) is 5.46. The molecule has 2 atom stereocenters. The van der Waals surface area contributed by atoms with Crippen molar-refractivity contribution in [3.63, 3.8) is 0 Å². The number of fused-ring (bicyclic) bond motifs is 1. The van der Waals surface area contributed by atoms with Crippen molar-refractivity contribution < 1.29 is 14.3 Å². The van der Waals surface area contributed by atoms with Crippen LogP contribution in [0.1, 0.15) is 24.0 Å². The summed E-state index contributed by atoms with van der Waals surface area (Å²) in [6, 6.07) is 22.7. The maximum Gasteiger partial charge on any atom is 0.263 e. The third-order valence-electron chi connectivity index (χ3n) is 6.91. The lowest BCUT2D eigenvalue weighted by Gasteiger charge is -2.38. The lowest BCUT2D eigenvalue weighted by molar-refractivity contribution is -0.129. The number of hydrogen-bond acceptors (Lipinski definition) is 4. The first-order chi connectivity index (χ1) is 18.0. The highest BCUT2D eigenvalue weighted by Crippen LogP contribution is 2.35. The Bertz CT molecular complexity index is 1270. The lowest BCUT2D eigenvalue weighted by Crippen LogP contribution is -2.53. The number of carbonyl (C=O) groups excluding carboxylic acids is 2. The number of hydrogen-bond donors (Lipinski definition) is 1. The summed E-state index contributed by atoms with van der Waals surface area (Å²) in [7, 11) is 0. The molecule has 3 aromatic carbocycles. The standard InChI is InChI=1S/C29H29Cl2N3O3/c30-23-13-12-21(24(31)15-23)17-33-14-6-9-22(18-33)29(36)34-19-27(37-26-11-5-4-10-25(26)34)28(35)32-16-20-7-2-1-3-8-20/h1-5,7-8,10-13,15,22,27H,6,9,14,16-19H2,(H,32,35)/t22-,27+/m0/s1. The molecule has 0 radical (unpaired) electrons. The fourth-order valence-electron chi connectivity index (χ4n) is 4.99. The van der Waals surface area contributed by atoms with Gasteiger partial charge in [-0.3, -0.25) is 14.5 Å². The zero-order valence-electron chi connectivity index (χ0n) is 20.4. The highest BCUT2D eigenvalue weighted by molar-refractivity contribution is 6.35. The van der Waals surface area contributed by atoms with Crippen molar-refractivity contribution in [3.8, 4) is 5.75 Å². The van der Waals surface area contributed by atoms with E-state index in [0.717, 1.165) is 30.5 Å². The number of nitrogens with zero attached hydrogens (tertiary/aromatic N) is 2. The zero-order chi connectivity index (χ0) is 25.8. The van der Waals surface area contributed by atoms with Crippen molar-refractivity contribution in [2.24, 2.45) is 5.92 Å². The third kappa shape index (κ3) is 6.09. The molecule has 1 N–H and O–H groups in total. The second kappa shape index (κ2) is 11.5. The van der Waals surface area contributed by atoms with Crippen molar-refractivity contribution in [2.45, 2.75) is 32.0 Å². The summed E-state index contributed by atoms with van der Waals surface area (Å²) in [5.74, 6) is 0.143. The normalized spacial score (nSPS) is 19.6. The monoisotopic (exact) mass is 537 g/mol. The van der Waals surface area contributed by atoms with Crippen LogP contribution < -0.4 is 15.0 Å². The van der Waals surface area contributed by atoms with Gasteiger partial charge >= 0.3 is 0 Å². The zero-order valence-corrected chi connectivity index (χ0v) is 21.9. The van der Waals surface area contributed by atoms with Crippen molar-refractivity contribution in [2.75, 3.05) is 24.5 Å². The highest BCUT2D eigenvalue weighted by Gasteiger charge is 2.37. The van der Waals surface area contributed by atoms with Gasteiger partial charge in [0.15, 0.2) is 6.10 Å². The molecule has 2 amide bonds. The second-order valence-corrected chi connectivity index (χ2v) is 10.4. The molecule has 2 aliphatic rings. The van der Waals surface area contributed by atoms with Gasteiger partial charge in [-0.15, -0.1) is 0 Å². The number of piperidine rings is 1. The number of halogens is 2. The first kappa shape index (κ1) is 25.6. The molecule has 1 saturated heterocycles. The average molecular weight is 538 g/mol. The van der Waals surface area contributed by atoms with Crippen LogP contribution in [0.2, 0.25) is 10.0 Å². The Morgan fingerprint density at radius 1 is 0.973 bits per heavy atom. The molecule has 3 aromatic rings. The molecule has 1 fully saturated rings. The van der Waals surface area contributed by atoms with E-state index in [1.54, 1.807) is 11.0 Å². The minimum absolute atomic E-state index is 0.0171. The van der Waals surface area contributed by atoms with Gasteiger partial charge < -0.3 is 15.0 Å². The molecule has 2 heterocycles. The number of para-hydroxylation sites is 2. The van der Waals surface area contributed by atoms with Gasteiger partial charge in [0.1, 0.15) is 5.75 Å². The van der Waals surface area contributed by atoms with Crippen molar-refractivity contribution in [3.05, 3.63) is 94.0 Å². The van der Waals surface area contributed by atoms with E-state index in [1.807, 2.05) is 66.7 Å². The van der Waals surface area contributed by atoms with E-state index in [2.05, 4.69) is 10.2 Å². The van der Waals surface area contributed by atoms with Gasteiger partial charge in [-0.25, -0.2) is 0 Å². The molecule has 0 bridgehead atoms. The minimum Gasteiger partial charge on any atom is -0.477 e. The molecule has 0 unspecified atom stereocenters. The van der Waals surface area contributed by atoms with Crippen LogP contribution in [0.4, 0.5) is 5.69 Å². The van der Waals surface area contributed by atoms with Gasteiger partial charge in [-0.1, -0.05) is 71.7 Å². The number of nitrogens with one attached hydrogen (secondary N) is 1. The fraction of sp³-hybridized carbons (Fsp3) is 0.310. The quantitative estimate of drug-likeness (QED) is 0.462. The topological polar surface area (TPSA) is 61.9 Å². The van der Waals surface area contributed by atoms with Crippen LogP contribution in [0, 0.1) is 5.92 Å². The first-order valence-corrected chi connectivity index (χ1v) is 13.3. The van der Waals surface area contributed by atoms with E-state index in [-0.39, 0.29) is 24.3 Å². The summed E-state index contributed by atoms with van der Waals surface area (Å²) in [6.45, 7) is 2.76. The molecule has 8 heteroatoms. The summed E-state index contributed by atoms with van der Waals surface area (Å²) in [5, 5.41) is 4.19. The Morgan fingerprint density at radius 3 is 2.57 bits per heavy atom. The molecular weight excluding hydrogens is 509 g/mol. The molecule has 0 saturated carbocycles. The van der Waals surface area contributed by atoms with Gasteiger partial charge in [-0.2, -0.15) is 0 Å². The molecule has 5 rings (SSSR count). The molecular formula is C29H29Cl2N3O3. The summed E-state index contributed by atoms with van der Waals surface area (Å²) in [5.41, 5.74) is 2.70. The van der Waals surface area contributed by atoms with Crippen molar-refractivity contribution >= 4 is 40.7 Å². The third-order valence-corrected chi connectivity index (χ3v) is 7.49. The molecule has 0 aliphatic carbocycles. The molecule has 37 heavy (non-hydrogen) atoms. The summed E-state index contributed by atoms with van der Waals surface area (Å²) >= 11 is 12.4. The predicted octanol–water partition coefficient (Wildman–Crippen LogP) is 5.32. The number of benzene rings is 3. The van der Waals surface area contributed by atoms with Crippen LogP contribution in [-0.2, 0) is 22.7 Å². The van der Waals surface area contributed by atoms with E-state index in [0.29, 0.717) is 41.1 Å². The Balaban J connectivity index is 1.28. The van der Waals surface area contributed by atoms with Crippen LogP contribution in [0.15, 0.2) is 72.8 Å². The Labute approximate surface area is 227 Å².